The van der Waals surface area contributed by atoms with Crippen molar-refractivity contribution in [3.8, 4) is 0 Å². The third-order valence-corrected chi connectivity index (χ3v) is 8.20. The van der Waals surface area contributed by atoms with Gasteiger partial charge in [0.2, 0.25) is 11.8 Å². The van der Waals surface area contributed by atoms with Crippen molar-refractivity contribution in [2.24, 2.45) is 17.6 Å². The number of hydrogen-bond acceptors (Lipinski definition) is 8. The molecule has 0 aromatic rings. The summed E-state index contributed by atoms with van der Waals surface area (Å²) in [6.45, 7) is 17.0. The van der Waals surface area contributed by atoms with Crippen LogP contribution in [0.4, 0.5) is 0 Å². The maximum absolute atomic E-state index is 12.8. The van der Waals surface area contributed by atoms with Gasteiger partial charge in [-0.15, -0.1) is 0 Å². The van der Waals surface area contributed by atoms with E-state index in [1.165, 1.54) is 0 Å². The molecule has 3 unspecified atom stereocenters. The second-order valence-electron chi connectivity index (χ2n) is 10.6. The molecule has 0 aromatic carbocycles. The molecule has 4 atom stereocenters. The highest BCUT2D eigenvalue weighted by molar-refractivity contribution is 8.01. The number of thioether (sulfide) groups is 2. The minimum absolute atomic E-state index is 0.0273. The van der Waals surface area contributed by atoms with Gasteiger partial charge < -0.3 is 21.1 Å². The zero-order chi connectivity index (χ0) is 28.6. The molecule has 0 heterocycles. The van der Waals surface area contributed by atoms with E-state index in [1.54, 1.807) is 23.5 Å². The van der Waals surface area contributed by atoms with E-state index in [2.05, 4.69) is 38.3 Å². The highest BCUT2D eigenvalue weighted by Crippen LogP contribution is 2.36. The summed E-state index contributed by atoms with van der Waals surface area (Å²) in [5.41, 5.74) is 6.05. The molecule has 0 bridgehead atoms. The van der Waals surface area contributed by atoms with Crippen LogP contribution in [0.3, 0.4) is 0 Å². The van der Waals surface area contributed by atoms with E-state index in [0.29, 0.717) is 31.2 Å². The standard InChI is InChI=1S/C27H51N3O5S2/c1-9-36-13-11-29-25(33)17-30-24(32)15-22(28)26(34)19(4)16-27(7,8)37-21(6)10-12-35-20(5)14-23(31)18(2)3/h18-22H,9-17,28H2,1-8H3,(H,29,33)(H,30,32)/t19?,20?,21?,22-/m0/s1. The Morgan fingerprint density at radius 3 is 2.22 bits per heavy atom. The summed E-state index contributed by atoms with van der Waals surface area (Å²) < 4.78 is 5.67. The van der Waals surface area contributed by atoms with Gasteiger partial charge in [0.25, 0.3) is 0 Å². The van der Waals surface area contributed by atoms with Crippen molar-refractivity contribution < 1.29 is 23.9 Å². The molecule has 0 rings (SSSR count). The lowest BCUT2D eigenvalue weighted by atomic mass is 9.90. The van der Waals surface area contributed by atoms with Crippen LogP contribution in [0, 0.1) is 11.8 Å². The minimum atomic E-state index is -0.902. The van der Waals surface area contributed by atoms with Crippen molar-refractivity contribution in [1.82, 2.24) is 10.6 Å². The Bertz CT molecular complexity index is 718. The highest BCUT2D eigenvalue weighted by Gasteiger charge is 2.30. The second-order valence-corrected chi connectivity index (χ2v) is 14.2. The first kappa shape index (κ1) is 35.9. The molecule has 0 fully saturated rings. The van der Waals surface area contributed by atoms with Crippen molar-refractivity contribution in [3.63, 3.8) is 0 Å². The fourth-order valence-corrected chi connectivity index (χ4v) is 6.07. The zero-order valence-corrected chi connectivity index (χ0v) is 25.8. The smallest absolute Gasteiger partial charge is 0.239 e. The molecular weight excluding hydrogens is 510 g/mol. The summed E-state index contributed by atoms with van der Waals surface area (Å²) in [6.07, 6.45) is 1.70. The summed E-state index contributed by atoms with van der Waals surface area (Å²) >= 11 is 3.53. The van der Waals surface area contributed by atoms with Gasteiger partial charge >= 0.3 is 0 Å². The fraction of sp³-hybridized carbons (Fsp3) is 0.852. The van der Waals surface area contributed by atoms with Crippen molar-refractivity contribution >= 4 is 46.9 Å². The molecule has 4 N–H and O–H groups in total. The Morgan fingerprint density at radius 2 is 1.62 bits per heavy atom. The Morgan fingerprint density at radius 1 is 0.973 bits per heavy atom. The minimum Gasteiger partial charge on any atom is -0.378 e. The molecule has 0 saturated heterocycles. The summed E-state index contributed by atoms with van der Waals surface area (Å²) in [4.78, 5) is 48.6. The number of amides is 2. The third-order valence-electron chi connectivity index (χ3n) is 5.85. The zero-order valence-electron chi connectivity index (χ0n) is 24.2. The first-order chi connectivity index (χ1) is 17.2. The summed E-state index contributed by atoms with van der Waals surface area (Å²) in [7, 11) is 0. The van der Waals surface area contributed by atoms with Gasteiger partial charge in [0.05, 0.1) is 18.7 Å². The van der Waals surface area contributed by atoms with Crippen LogP contribution in [0.2, 0.25) is 0 Å². The number of ether oxygens (including phenoxy) is 1. The predicted molar refractivity (Wildman–Crippen MR) is 156 cm³/mol. The lowest BCUT2D eigenvalue weighted by Gasteiger charge is -2.31. The number of carbonyl (C=O) groups is 4. The van der Waals surface area contributed by atoms with Crippen LogP contribution >= 0.6 is 23.5 Å². The van der Waals surface area contributed by atoms with Gasteiger partial charge in [0.15, 0.2) is 5.78 Å². The van der Waals surface area contributed by atoms with Crippen molar-refractivity contribution in [2.45, 2.75) is 103 Å². The molecule has 2 amide bonds. The number of nitrogens with two attached hydrogens (primary N) is 1. The second kappa shape index (κ2) is 19.0. The molecule has 216 valence electrons. The number of hydrogen-bond donors (Lipinski definition) is 3. The quantitative estimate of drug-likeness (QED) is 0.181. The maximum Gasteiger partial charge on any atom is 0.239 e. The third kappa shape index (κ3) is 17.9. The van der Waals surface area contributed by atoms with E-state index < -0.39 is 11.9 Å². The Labute approximate surface area is 233 Å². The SMILES string of the molecule is CCSCCNC(=O)CNC(=O)C[C@H](N)C(=O)C(C)CC(C)(C)SC(C)CCOC(C)CC(=O)C(C)C. The van der Waals surface area contributed by atoms with Gasteiger partial charge in [-0.3, -0.25) is 19.2 Å². The molecule has 10 heteroatoms. The number of Topliss-reactive ketones (excluding diaryl/α,β-unsaturated/α-hetero) is 2. The molecule has 0 aliphatic carbocycles. The van der Waals surface area contributed by atoms with E-state index >= 15 is 0 Å². The monoisotopic (exact) mass is 561 g/mol. The van der Waals surface area contributed by atoms with Gasteiger partial charge in [0.1, 0.15) is 5.78 Å². The van der Waals surface area contributed by atoms with E-state index in [-0.39, 0.29) is 53.1 Å². The van der Waals surface area contributed by atoms with E-state index in [4.69, 9.17) is 10.5 Å². The van der Waals surface area contributed by atoms with E-state index in [1.807, 2.05) is 27.7 Å². The van der Waals surface area contributed by atoms with Gasteiger partial charge in [-0.05, 0) is 25.5 Å². The number of nitrogens with one attached hydrogen (secondary N) is 2. The highest BCUT2D eigenvalue weighted by atomic mass is 32.2. The van der Waals surface area contributed by atoms with Gasteiger partial charge in [-0.2, -0.15) is 23.5 Å². The number of ketones is 2. The van der Waals surface area contributed by atoms with E-state index in [9.17, 15) is 19.2 Å². The maximum atomic E-state index is 12.8. The first-order valence-electron chi connectivity index (χ1n) is 13.4. The molecule has 0 saturated carbocycles. The Hall–Kier alpha value is -1.10. The van der Waals surface area contributed by atoms with Crippen LogP contribution in [0.1, 0.15) is 81.1 Å². The topological polar surface area (TPSA) is 128 Å². The van der Waals surface area contributed by atoms with Gasteiger partial charge in [0, 0.05) is 53.6 Å². The predicted octanol–water partition coefficient (Wildman–Crippen LogP) is 3.60. The average Bonchev–Trinajstić information content (AvgIpc) is 2.78. The van der Waals surface area contributed by atoms with Gasteiger partial charge in [-0.1, -0.05) is 48.5 Å². The van der Waals surface area contributed by atoms with Crippen LogP contribution in [-0.4, -0.2) is 76.7 Å². The van der Waals surface area contributed by atoms with Crippen LogP contribution in [0.15, 0.2) is 0 Å². The van der Waals surface area contributed by atoms with Crippen molar-refractivity contribution in [2.75, 3.05) is 31.2 Å². The molecule has 0 aliphatic heterocycles. The van der Waals surface area contributed by atoms with Crippen LogP contribution in [0.25, 0.3) is 0 Å². The molecule has 37 heavy (non-hydrogen) atoms. The normalized spacial score (nSPS) is 15.1. The lowest BCUT2D eigenvalue weighted by molar-refractivity contribution is -0.129. The van der Waals surface area contributed by atoms with Gasteiger partial charge in [-0.25, -0.2) is 0 Å². The van der Waals surface area contributed by atoms with Crippen molar-refractivity contribution in [3.05, 3.63) is 0 Å². The molecular formula is C27H51N3O5S2. The molecule has 0 spiro atoms. The Kier molecular flexibility index (Phi) is 18.5. The summed E-state index contributed by atoms with van der Waals surface area (Å²) in [5, 5.41) is 5.60. The molecule has 0 radical (unpaired) electrons. The summed E-state index contributed by atoms with van der Waals surface area (Å²) in [6, 6.07) is -0.902. The average molecular weight is 562 g/mol. The van der Waals surface area contributed by atoms with Crippen LogP contribution in [-0.2, 0) is 23.9 Å². The number of rotatable bonds is 21. The fourth-order valence-electron chi connectivity index (χ4n) is 3.89. The van der Waals surface area contributed by atoms with Crippen LogP contribution in [0.5, 0.6) is 0 Å². The molecule has 8 nitrogen and oxygen atoms in total. The Balaban J connectivity index is 4.39. The molecule has 0 aromatic heterocycles. The van der Waals surface area contributed by atoms with Crippen molar-refractivity contribution in [1.29, 1.82) is 0 Å². The molecule has 0 aliphatic rings. The van der Waals surface area contributed by atoms with Crippen LogP contribution < -0.4 is 16.4 Å². The lowest BCUT2D eigenvalue weighted by Crippen LogP contribution is -2.43. The number of carbonyl (C=O) groups excluding carboxylic acids is 4. The van der Waals surface area contributed by atoms with E-state index in [0.717, 1.165) is 17.9 Å². The largest absolute Gasteiger partial charge is 0.378 e. The summed E-state index contributed by atoms with van der Waals surface area (Å²) in [5.74, 6) is 0.956. The first-order valence-corrected chi connectivity index (χ1v) is 15.4.